The van der Waals surface area contributed by atoms with Gasteiger partial charge in [-0.3, -0.25) is 9.78 Å². The maximum atomic E-state index is 12.0. The number of rotatable bonds is 2. The maximum absolute atomic E-state index is 12.0. The molecule has 0 aliphatic carbocycles. The van der Waals surface area contributed by atoms with Crippen molar-refractivity contribution < 1.29 is 4.79 Å². The summed E-state index contributed by atoms with van der Waals surface area (Å²) in [5, 5.41) is 6.17. The first-order chi connectivity index (χ1) is 7.68. The van der Waals surface area contributed by atoms with Gasteiger partial charge in [0.05, 0.1) is 17.8 Å². The van der Waals surface area contributed by atoms with E-state index in [0.717, 1.165) is 24.3 Å². The minimum atomic E-state index is 0. The van der Waals surface area contributed by atoms with Gasteiger partial charge < -0.3 is 10.6 Å². The summed E-state index contributed by atoms with van der Waals surface area (Å²) in [6.45, 7) is 5.75. The molecule has 1 aliphatic rings. The average Bonchev–Trinajstić information content (AvgIpc) is 2.68. The van der Waals surface area contributed by atoms with E-state index in [4.69, 9.17) is 0 Å². The zero-order chi connectivity index (χ0) is 11.5. The van der Waals surface area contributed by atoms with E-state index in [1.807, 2.05) is 13.0 Å². The van der Waals surface area contributed by atoms with Gasteiger partial charge in [0.2, 0.25) is 5.91 Å². The molecule has 1 aromatic rings. The molecule has 2 heterocycles. The van der Waals surface area contributed by atoms with Crippen LogP contribution in [0.5, 0.6) is 0 Å². The largest absolute Gasteiger partial charge is 0.324 e. The van der Waals surface area contributed by atoms with Crippen molar-refractivity contribution in [1.29, 1.82) is 0 Å². The lowest BCUT2D eigenvalue weighted by Crippen LogP contribution is -2.28. The number of nitrogens with one attached hydrogen (secondary N) is 2. The first kappa shape index (κ1) is 13.9. The number of halogens is 1. The monoisotopic (exact) mass is 255 g/mol. The molecule has 2 rings (SSSR count). The van der Waals surface area contributed by atoms with Crippen LogP contribution >= 0.6 is 12.4 Å². The van der Waals surface area contributed by atoms with Crippen molar-refractivity contribution in [3.63, 3.8) is 0 Å². The zero-order valence-electron chi connectivity index (χ0n) is 10.1. The smallest absolute Gasteiger partial charge is 0.229 e. The van der Waals surface area contributed by atoms with E-state index >= 15 is 0 Å². The second-order valence-electron chi connectivity index (χ2n) is 4.42. The van der Waals surface area contributed by atoms with E-state index in [1.54, 1.807) is 12.4 Å². The second kappa shape index (κ2) is 5.98. The van der Waals surface area contributed by atoms with Crippen LogP contribution in [0.3, 0.4) is 0 Å². The maximum Gasteiger partial charge on any atom is 0.229 e. The number of hydrogen-bond acceptors (Lipinski definition) is 3. The zero-order valence-corrected chi connectivity index (χ0v) is 10.9. The Morgan fingerprint density at radius 1 is 1.53 bits per heavy atom. The van der Waals surface area contributed by atoms with Crippen LogP contribution in [-0.4, -0.2) is 24.0 Å². The summed E-state index contributed by atoms with van der Waals surface area (Å²) < 4.78 is 0. The number of nitrogens with zero attached hydrogens (tertiary/aromatic N) is 1. The summed E-state index contributed by atoms with van der Waals surface area (Å²) in [7, 11) is 0. The van der Waals surface area contributed by atoms with E-state index in [2.05, 4.69) is 22.5 Å². The van der Waals surface area contributed by atoms with Crippen LogP contribution in [0.4, 0.5) is 5.69 Å². The molecule has 0 spiro atoms. The normalized spacial score (nSPS) is 22.9. The molecule has 0 aromatic carbocycles. The highest BCUT2D eigenvalue weighted by Crippen LogP contribution is 2.19. The molecule has 4 nitrogen and oxygen atoms in total. The van der Waals surface area contributed by atoms with Crippen molar-refractivity contribution in [3.8, 4) is 0 Å². The highest BCUT2D eigenvalue weighted by atomic mass is 35.5. The van der Waals surface area contributed by atoms with E-state index in [-0.39, 0.29) is 24.2 Å². The number of carbonyl (C=O) groups is 1. The lowest BCUT2D eigenvalue weighted by molar-refractivity contribution is -0.120. The fraction of sp³-hybridized carbons (Fsp3) is 0.500. The van der Waals surface area contributed by atoms with Gasteiger partial charge in [-0.15, -0.1) is 12.4 Å². The number of amides is 1. The Bertz CT molecular complexity index is 397. The molecule has 1 aliphatic heterocycles. The third kappa shape index (κ3) is 3.17. The standard InChI is InChI=1S/C12H17N3O.ClH/c1-8-3-4-13-7-11(8)15-12(16)10-6-14-5-9(10)2;/h3-4,7,9-10,14H,5-6H2,1-2H3,(H,15,16);1H/t9-,10-;/m1./s1. The molecule has 1 saturated heterocycles. The molecule has 1 fully saturated rings. The van der Waals surface area contributed by atoms with Gasteiger partial charge in [-0.25, -0.2) is 0 Å². The molecule has 0 unspecified atom stereocenters. The molecule has 0 radical (unpaired) electrons. The van der Waals surface area contributed by atoms with Crippen LogP contribution in [0.15, 0.2) is 18.5 Å². The van der Waals surface area contributed by atoms with Crippen LogP contribution in [0.1, 0.15) is 12.5 Å². The lowest BCUT2D eigenvalue weighted by Gasteiger charge is -2.14. The van der Waals surface area contributed by atoms with E-state index in [1.165, 1.54) is 0 Å². The molecular formula is C12H18ClN3O. The minimum Gasteiger partial charge on any atom is -0.324 e. The fourth-order valence-corrected chi connectivity index (χ4v) is 1.98. The second-order valence-corrected chi connectivity index (χ2v) is 4.42. The molecule has 5 heteroatoms. The van der Waals surface area contributed by atoms with Crippen LogP contribution in [0.25, 0.3) is 0 Å². The van der Waals surface area contributed by atoms with Gasteiger partial charge in [0, 0.05) is 12.7 Å². The summed E-state index contributed by atoms with van der Waals surface area (Å²) in [6.07, 6.45) is 3.42. The number of carbonyl (C=O) groups excluding carboxylic acids is 1. The summed E-state index contributed by atoms with van der Waals surface area (Å²) in [4.78, 5) is 16.0. The van der Waals surface area contributed by atoms with Gasteiger partial charge in [0.1, 0.15) is 0 Å². The van der Waals surface area contributed by atoms with Crippen molar-refractivity contribution >= 4 is 24.0 Å². The van der Waals surface area contributed by atoms with Crippen molar-refractivity contribution in [2.45, 2.75) is 13.8 Å². The fourth-order valence-electron chi connectivity index (χ4n) is 1.98. The van der Waals surface area contributed by atoms with Crippen molar-refractivity contribution in [1.82, 2.24) is 10.3 Å². The molecule has 0 bridgehead atoms. The Labute approximate surface area is 108 Å². The number of pyridine rings is 1. The Balaban J connectivity index is 0.00000144. The molecule has 1 amide bonds. The highest BCUT2D eigenvalue weighted by Gasteiger charge is 2.29. The van der Waals surface area contributed by atoms with Gasteiger partial charge in [0.15, 0.2) is 0 Å². The molecule has 2 N–H and O–H groups in total. The van der Waals surface area contributed by atoms with Crippen LogP contribution in [0, 0.1) is 18.8 Å². The van der Waals surface area contributed by atoms with E-state index < -0.39 is 0 Å². The Kier molecular flexibility index (Phi) is 4.90. The minimum absolute atomic E-state index is 0. The summed E-state index contributed by atoms with van der Waals surface area (Å²) in [5.41, 5.74) is 1.86. The Morgan fingerprint density at radius 3 is 2.88 bits per heavy atom. The van der Waals surface area contributed by atoms with Gasteiger partial charge in [0.25, 0.3) is 0 Å². The van der Waals surface area contributed by atoms with E-state index in [0.29, 0.717) is 5.92 Å². The highest BCUT2D eigenvalue weighted by molar-refractivity contribution is 5.93. The summed E-state index contributed by atoms with van der Waals surface area (Å²) in [6, 6.07) is 1.89. The van der Waals surface area contributed by atoms with Crippen LogP contribution in [-0.2, 0) is 4.79 Å². The van der Waals surface area contributed by atoms with Crippen LogP contribution < -0.4 is 10.6 Å². The first-order valence-corrected chi connectivity index (χ1v) is 5.60. The van der Waals surface area contributed by atoms with Crippen LogP contribution in [0.2, 0.25) is 0 Å². The van der Waals surface area contributed by atoms with Crippen molar-refractivity contribution in [2.75, 3.05) is 18.4 Å². The van der Waals surface area contributed by atoms with Crippen molar-refractivity contribution in [3.05, 3.63) is 24.0 Å². The number of aromatic nitrogens is 1. The summed E-state index contributed by atoms with van der Waals surface area (Å²) >= 11 is 0. The third-order valence-corrected chi connectivity index (χ3v) is 3.15. The Hall–Kier alpha value is -1.13. The lowest BCUT2D eigenvalue weighted by atomic mass is 9.97. The Morgan fingerprint density at radius 2 is 2.29 bits per heavy atom. The van der Waals surface area contributed by atoms with Gasteiger partial charge in [-0.05, 0) is 31.0 Å². The van der Waals surface area contributed by atoms with E-state index in [9.17, 15) is 4.79 Å². The SMILES string of the molecule is Cc1ccncc1NC(=O)[C@@H]1CNC[C@H]1C.Cl. The van der Waals surface area contributed by atoms with Gasteiger partial charge in [-0.2, -0.15) is 0 Å². The molecular weight excluding hydrogens is 238 g/mol. The predicted molar refractivity (Wildman–Crippen MR) is 70.4 cm³/mol. The number of anilines is 1. The summed E-state index contributed by atoms with van der Waals surface area (Å²) in [5.74, 6) is 0.560. The quantitative estimate of drug-likeness (QED) is 0.844. The molecule has 0 saturated carbocycles. The first-order valence-electron chi connectivity index (χ1n) is 5.60. The van der Waals surface area contributed by atoms with Crippen molar-refractivity contribution in [2.24, 2.45) is 11.8 Å². The van der Waals surface area contributed by atoms with Gasteiger partial charge >= 0.3 is 0 Å². The predicted octanol–water partition coefficient (Wildman–Crippen LogP) is 1.61. The molecule has 2 atom stereocenters. The number of hydrogen-bond donors (Lipinski definition) is 2. The third-order valence-electron chi connectivity index (χ3n) is 3.15. The number of aryl methyl sites for hydroxylation is 1. The molecule has 1 aromatic heterocycles. The average molecular weight is 256 g/mol. The molecule has 94 valence electrons. The van der Waals surface area contributed by atoms with Gasteiger partial charge in [-0.1, -0.05) is 6.92 Å². The topological polar surface area (TPSA) is 54.0 Å². The molecule has 17 heavy (non-hydrogen) atoms.